The molecule has 0 radical (unpaired) electrons. The quantitative estimate of drug-likeness (QED) is 0.276. The van der Waals surface area contributed by atoms with Crippen LogP contribution in [-0.4, -0.2) is 25.3 Å². The fourth-order valence-electron chi connectivity index (χ4n) is 4.01. The van der Waals surface area contributed by atoms with Crippen LogP contribution in [0.4, 0.5) is 0 Å². The molecule has 0 saturated carbocycles. The van der Waals surface area contributed by atoms with Crippen LogP contribution in [0.5, 0.6) is 5.75 Å². The minimum Gasteiger partial charge on any atom is -0.433 e. The van der Waals surface area contributed by atoms with Gasteiger partial charge in [-0.25, -0.2) is 4.84 Å². The molecule has 0 heterocycles. The number of hydroxylamine groups is 3. The van der Waals surface area contributed by atoms with Gasteiger partial charge in [0.15, 0.2) is 0 Å². The van der Waals surface area contributed by atoms with Crippen molar-refractivity contribution in [2.24, 2.45) is 11.8 Å². The number of rotatable bonds is 10. The molecule has 0 aliphatic rings. The van der Waals surface area contributed by atoms with Crippen LogP contribution in [-0.2, 0) is 17.0 Å². The van der Waals surface area contributed by atoms with E-state index < -0.39 is 5.72 Å². The van der Waals surface area contributed by atoms with E-state index in [-0.39, 0.29) is 0 Å². The average molecular weight is 385 g/mol. The Kier molecular flexibility index (Phi) is 7.68. The molecule has 0 aromatic heterocycles. The molecule has 2 aromatic rings. The zero-order valence-corrected chi connectivity index (χ0v) is 18.7. The van der Waals surface area contributed by atoms with E-state index in [9.17, 15) is 0 Å². The van der Waals surface area contributed by atoms with Gasteiger partial charge in [-0.05, 0) is 48.9 Å². The molecule has 0 spiro atoms. The molecule has 0 bridgehead atoms. The van der Waals surface area contributed by atoms with E-state index in [4.69, 9.17) is 9.57 Å². The summed E-state index contributed by atoms with van der Waals surface area (Å²) in [4.78, 5) is 6.29. The van der Waals surface area contributed by atoms with E-state index in [1.807, 2.05) is 37.3 Å². The van der Waals surface area contributed by atoms with Gasteiger partial charge < -0.3 is 4.74 Å². The van der Waals surface area contributed by atoms with Gasteiger partial charge in [0.1, 0.15) is 26.5 Å². The third-order valence-electron chi connectivity index (χ3n) is 5.10. The molecule has 0 N–H and O–H groups in total. The molecule has 2 rings (SSSR count). The van der Waals surface area contributed by atoms with Crippen LogP contribution in [0.15, 0.2) is 54.6 Å². The van der Waals surface area contributed by atoms with E-state index in [2.05, 4.69) is 66.1 Å². The highest BCUT2D eigenvalue weighted by atomic mass is 16.8. The lowest BCUT2D eigenvalue weighted by Gasteiger charge is -2.46. The SMILES string of the molecule is CCO[N+](C)(C)C(CC(C)C)(Oc1ccccc1)c1ccccc1CC(C)C. The van der Waals surface area contributed by atoms with Gasteiger partial charge in [0.05, 0.1) is 12.0 Å². The van der Waals surface area contributed by atoms with Crippen LogP contribution in [0.2, 0.25) is 0 Å². The molecule has 0 aliphatic carbocycles. The minimum absolute atomic E-state index is 0.311. The van der Waals surface area contributed by atoms with Gasteiger partial charge >= 0.3 is 0 Å². The first-order valence-electron chi connectivity index (χ1n) is 10.5. The lowest BCUT2D eigenvalue weighted by molar-refractivity contribution is -1.14. The summed E-state index contributed by atoms with van der Waals surface area (Å²) in [6.45, 7) is 11.7. The van der Waals surface area contributed by atoms with Crippen molar-refractivity contribution in [1.82, 2.24) is 0 Å². The molecule has 28 heavy (non-hydrogen) atoms. The fraction of sp³-hybridized carbons (Fsp3) is 0.520. The third-order valence-corrected chi connectivity index (χ3v) is 5.10. The molecular formula is C25H38NO2+. The minimum atomic E-state index is -0.642. The zero-order chi connectivity index (χ0) is 20.8. The van der Waals surface area contributed by atoms with Crippen LogP contribution >= 0.6 is 0 Å². The number of hydrogen-bond donors (Lipinski definition) is 0. The first-order valence-corrected chi connectivity index (χ1v) is 10.5. The highest BCUT2D eigenvalue weighted by Gasteiger charge is 2.53. The summed E-state index contributed by atoms with van der Waals surface area (Å²) in [7, 11) is 4.22. The molecular weight excluding hydrogens is 346 g/mol. The smallest absolute Gasteiger partial charge is 0.299 e. The summed E-state index contributed by atoms with van der Waals surface area (Å²) >= 11 is 0. The molecule has 0 fully saturated rings. The normalized spacial score (nSPS) is 14.3. The third kappa shape index (κ3) is 5.15. The summed E-state index contributed by atoms with van der Waals surface area (Å²) in [5, 5.41) is 0. The van der Waals surface area contributed by atoms with Crippen molar-refractivity contribution in [2.75, 3.05) is 20.7 Å². The van der Waals surface area contributed by atoms with Gasteiger partial charge in [-0.1, -0.05) is 64.1 Å². The van der Waals surface area contributed by atoms with Crippen molar-refractivity contribution < 1.29 is 14.2 Å². The summed E-state index contributed by atoms with van der Waals surface area (Å²) in [6.07, 6.45) is 1.87. The van der Waals surface area contributed by atoms with E-state index in [1.54, 1.807) is 0 Å². The summed E-state index contributed by atoms with van der Waals surface area (Å²) in [5.74, 6) is 1.87. The Balaban J connectivity index is 2.72. The maximum Gasteiger partial charge on any atom is 0.299 e. The Bertz CT molecular complexity index is 724. The number of ether oxygens (including phenoxy) is 1. The Morgan fingerprint density at radius 1 is 0.857 bits per heavy atom. The van der Waals surface area contributed by atoms with Crippen LogP contribution in [0.1, 0.15) is 52.2 Å². The van der Waals surface area contributed by atoms with Crippen molar-refractivity contribution in [3.8, 4) is 5.75 Å². The van der Waals surface area contributed by atoms with Crippen LogP contribution < -0.4 is 4.74 Å². The first kappa shape index (κ1) is 22.4. The molecule has 0 saturated heterocycles. The topological polar surface area (TPSA) is 18.5 Å². The van der Waals surface area contributed by atoms with Gasteiger partial charge in [0, 0.05) is 0 Å². The molecule has 3 heteroatoms. The molecule has 1 atom stereocenters. The Morgan fingerprint density at radius 2 is 1.46 bits per heavy atom. The van der Waals surface area contributed by atoms with E-state index >= 15 is 0 Å². The van der Waals surface area contributed by atoms with Gasteiger partial charge in [-0.3, -0.25) is 0 Å². The largest absolute Gasteiger partial charge is 0.433 e. The molecule has 0 amide bonds. The highest BCUT2D eigenvalue weighted by molar-refractivity contribution is 5.33. The van der Waals surface area contributed by atoms with Crippen molar-refractivity contribution in [1.29, 1.82) is 0 Å². The molecule has 2 aromatic carbocycles. The van der Waals surface area contributed by atoms with Crippen LogP contribution in [0.25, 0.3) is 0 Å². The first-order chi connectivity index (χ1) is 13.2. The maximum atomic E-state index is 6.89. The maximum absolute atomic E-state index is 6.89. The van der Waals surface area contributed by atoms with Crippen LogP contribution in [0.3, 0.4) is 0 Å². The summed E-state index contributed by atoms with van der Waals surface area (Å²) < 4.78 is 7.20. The van der Waals surface area contributed by atoms with Crippen molar-refractivity contribution >= 4 is 0 Å². The second-order valence-electron chi connectivity index (χ2n) is 8.82. The number of nitrogens with zero attached hydrogens (tertiary/aromatic N) is 1. The summed E-state index contributed by atoms with van der Waals surface area (Å²) in [6, 6.07) is 18.8. The highest BCUT2D eigenvalue weighted by Crippen LogP contribution is 2.43. The molecule has 3 nitrogen and oxygen atoms in total. The molecule has 1 unspecified atom stereocenters. The number of benzene rings is 2. The van der Waals surface area contributed by atoms with Gasteiger partial charge in [0.25, 0.3) is 5.72 Å². The van der Waals surface area contributed by atoms with Crippen LogP contribution in [0, 0.1) is 11.8 Å². The Labute approximate surface area is 171 Å². The second kappa shape index (κ2) is 9.58. The fourth-order valence-corrected chi connectivity index (χ4v) is 4.01. The molecule has 0 aliphatic heterocycles. The van der Waals surface area contributed by atoms with E-state index in [0.717, 1.165) is 18.6 Å². The van der Waals surface area contributed by atoms with Gasteiger partial charge in [0.2, 0.25) is 0 Å². The van der Waals surface area contributed by atoms with Gasteiger partial charge in [-0.2, -0.15) is 0 Å². The number of para-hydroxylation sites is 1. The average Bonchev–Trinajstić information content (AvgIpc) is 2.61. The molecule has 154 valence electrons. The summed E-state index contributed by atoms with van der Waals surface area (Å²) in [5.41, 5.74) is 1.91. The standard InChI is InChI=1S/C25H38NO2/c1-8-27-26(6,7)25(19-21(4)5,28-23-15-10-9-11-16-23)24-17-13-12-14-22(24)18-20(2)3/h9-17,20-21H,8,18-19H2,1-7H3/q+1. The lowest BCUT2D eigenvalue weighted by atomic mass is 9.85. The zero-order valence-electron chi connectivity index (χ0n) is 18.7. The van der Waals surface area contributed by atoms with E-state index in [1.165, 1.54) is 11.1 Å². The van der Waals surface area contributed by atoms with Crippen molar-refractivity contribution in [2.45, 2.75) is 53.2 Å². The predicted molar refractivity (Wildman–Crippen MR) is 117 cm³/mol. The Hall–Kier alpha value is -1.84. The van der Waals surface area contributed by atoms with Crippen molar-refractivity contribution in [3.63, 3.8) is 0 Å². The monoisotopic (exact) mass is 384 g/mol. The van der Waals surface area contributed by atoms with Crippen molar-refractivity contribution in [3.05, 3.63) is 65.7 Å². The van der Waals surface area contributed by atoms with Gasteiger partial charge in [-0.15, -0.1) is 4.65 Å². The lowest BCUT2D eigenvalue weighted by Crippen LogP contribution is -2.61. The second-order valence-corrected chi connectivity index (χ2v) is 8.82. The number of quaternary nitrogens is 1. The number of hydrogen-bond acceptors (Lipinski definition) is 2. The van der Waals surface area contributed by atoms with E-state index in [0.29, 0.717) is 23.1 Å². The predicted octanol–water partition coefficient (Wildman–Crippen LogP) is 6.19. The Morgan fingerprint density at radius 3 is 2.04 bits per heavy atom.